The highest BCUT2D eigenvalue weighted by atomic mass is 35.5. The molecule has 4 heteroatoms. The highest BCUT2D eigenvalue weighted by Gasteiger charge is 2.14. The quantitative estimate of drug-likeness (QED) is 0.803. The van der Waals surface area contributed by atoms with E-state index in [9.17, 15) is 4.79 Å². The smallest absolute Gasteiger partial charge is 0.260 e. The van der Waals surface area contributed by atoms with Gasteiger partial charge < -0.3 is 10.1 Å². The van der Waals surface area contributed by atoms with Gasteiger partial charge in [-0.05, 0) is 57.2 Å². The fraction of sp³-hybridized carbons (Fsp3) is 0.471. The van der Waals surface area contributed by atoms with E-state index < -0.39 is 6.10 Å². The monoisotopic (exact) mass is 307 g/mol. The van der Waals surface area contributed by atoms with Gasteiger partial charge in [-0.1, -0.05) is 29.3 Å². The van der Waals surface area contributed by atoms with Gasteiger partial charge in [-0.3, -0.25) is 4.79 Å². The number of hydrogen-bond donors (Lipinski definition) is 1. The summed E-state index contributed by atoms with van der Waals surface area (Å²) in [5.41, 5.74) is 1.46. The summed E-state index contributed by atoms with van der Waals surface area (Å²) in [6.45, 7) is 2.42. The zero-order valence-electron chi connectivity index (χ0n) is 12.4. The van der Waals surface area contributed by atoms with Crippen molar-refractivity contribution in [2.24, 2.45) is 0 Å². The lowest BCUT2D eigenvalue weighted by Gasteiger charge is -2.16. The molecule has 0 spiro atoms. The van der Waals surface area contributed by atoms with Crippen LogP contribution in [-0.4, -0.2) is 18.6 Å². The Labute approximate surface area is 131 Å². The zero-order valence-corrected chi connectivity index (χ0v) is 13.2. The van der Waals surface area contributed by atoms with Crippen LogP contribution in [0.1, 0.15) is 39.0 Å². The Balaban J connectivity index is 1.73. The minimum absolute atomic E-state index is 0.0913. The molecule has 0 bridgehead atoms. The molecule has 1 aliphatic carbocycles. The molecular formula is C17H22ClNO2. The van der Waals surface area contributed by atoms with Crippen LogP contribution in [0.2, 0.25) is 5.02 Å². The third-order valence-electron chi connectivity index (χ3n) is 3.61. The minimum atomic E-state index is -0.524. The lowest BCUT2D eigenvalue weighted by molar-refractivity contribution is -0.127. The summed E-state index contributed by atoms with van der Waals surface area (Å²) in [5, 5.41) is 3.53. The van der Waals surface area contributed by atoms with E-state index in [1.165, 1.54) is 31.3 Å². The number of nitrogens with one attached hydrogen (secondary N) is 1. The first-order chi connectivity index (χ1) is 10.1. The number of amides is 1. The van der Waals surface area contributed by atoms with Crippen molar-refractivity contribution in [3.8, 4) is 5.75 Å². The van der Waals surface area contributed by atoms with Crippen LogP contribution in [0.3, 0.4) is 0 Å². The Morgan fingerprint density at radius 2 is 2.29 bits per heavy atom. The second-order valence-electron chi connectivity index (χ2n) is 5.37. The molecule has 1 aromatic carbocycles. The van der Waals surface area contributed by atoms with Gasteiger partial charge in [-0.15, -0.1) is 0 Å². The molecule has 1 amide bonds. The van der Waals surface area contributed by atoms with Crippen LogP contribution < -0.4 is 10.1 Å². The van der Waals surface area contributed by atoms with Gasteiger partial charge in [0.1, 0.15) is 5.75 Å². The lowest BCUT2D eigenvalue weighted by atomic mass is 9.97. The van der Waals surface area contributed by atoms with Crippen molar-refractivity contribution < 1.29 is 9.53 Å². The van der Waals surface area contributed by atoms with Crippen LogP contribution in [-0.2, 0) is 4.79 Å². The van der Waals surface area contributed by atoms with Crippen molar-refractivity contribution in [3.63, 3.8) is 0 Å². The molecule has 0 fully saturated rings. The molecule has 0 saturated carbocycles. The summed E-state index contributed by atoms with van der Waals surface area (Å²) in [7, 11) is 0. The summed E-state index contributed by atoms with van der Waals surface area (Å²) < 4.78 is 5.59. The number of hydrogen-bond acceptors (Lipinski definition) is 2. The molecule has 114 valence electrons. The van der Waals surface area contributed by atoms with Crippen molar-refractivity contribution in [3.05, 3.63) is 40.9 Å². The molecule has 21 heavy (non-hydrogen) atoms. The summed E-state index contributed by atoms with van der Waals surface area (Å²) in [6, 6.07) is 7.08. The SMILES string of the molecule is C[C@@H](Oc1cccc(Cl)c1)C(=O)NCCC1=CCCCC1. The molecule has 0 aliphatic heterocycles. The number of benzene rings is 1. The van der Waals surface area contributed by atoms with Gasteiger partial charge in [0.2, 0.25) is 0 Å². The first-order valence-electron chi connectivity index (χ1n) is 7.53. The van der Waals surface area contributed by atoms with Crippen LogP contribution in [0, 0.1) is 0 Å². The Hall–Kier alpha value is -1.48. The Bertz CT molecular complexity index is 513. The molecule has 1 atom stereocenters. The van der Waals surface area contributed by atoms with Crippen LogP contribution in [0.5, 0.6) is 5.75 Å². The van der Waals surface area contributed by atoms with Crippen LogP contribution >= 0.6 is 11.6 Å². The summed E-state index contributed by atoms with van der Waals surface area (Å²) in [4.78, 5) is 12.0. The molecule has 0 aromatic heterocycles. The maximum absolute atomic E-state index is 12.0. The van der Waals surface area contributed by atoms with Crippen molar-refractivity contribution in [2.75, 3.05) is 6.54 Å². The van der Waals surface area contributed by atoms with E-state index in [0.29, 0.717) is 17.3 Å². The van der Waals surface area contributed by atoms with Gasteiger partial charge in [0.05, 0.1) is 0 Å². The van der Waals surface area contributed by atoms with Crippen molar-refractivity contribution >= 4 is 17.5 Å². The van der Waals surface area contributed by atoms with E-state index in [1.807, 2.05) is 0 Å². The molecule has 0 unspecified atom stereocenters. The van der Waals surface area contributed by atoms with Crippen LogP contribution in [0.15, 0.2) is 35.9 Å². The van der Waals surface area contributed by atoms with E-state index in [1.54, 1.807) is 31.2 Å². The molecule has 3 nitrogen and oxygen atoms in total. The topological polar surface area (TPSA) is 38.3 Å². The summed E-state index contributed by atoms with van der Waals surface area (Å²) in [5.74, 6) is 0.520. The van der Waals surface area contributed by atoms with Gasteiger partial charge in [0, 0.05) is 11.6 Å². The minimum Gasteiger partial charge on any atom is -0.481 e. The van der Waals surface area contributed by atoms with Crippen LogP contribution in [0.25, 0.3) is 0 Å². The third kappa shape index (κ3) is 5.43. The van der Waals surface area contributed by atoms with Gasteiger partial charge in [0.15, 0.2) is 6.10 Å². The maximum Gasteiger partial charge on any atom is 0.260 e. The number of ether oxygens (including phenoxy) is 1. The third-order valence-corrected chi connectivity index (χ3v) is 3.84. The predicted octanol–water partition coefficient (Wildman–Crippen LogP) is 4.11. The Morgan fingerprint density at radius 3 is 3.00 bits per heavy atom. The number of rotatable bonds is 6. The predicted molar refractivity (Wildman–Crippen MR) is 85.7 cm³/mol. The highest BCUT2D eigenvalue weighted by molar-refractivity contribution is 6.30. The van der Waals surface area contributed by atoms with Crippen molar-refractivity contribution in [2.45, 2.75) is 45.1 Å². The van der Waals surface area contributed by atoms with Crippen molar-refractivity contribution in [1.82, 2.24) is 5.32 Å². The van der Waals surface area contributed by atoms with E-state index in [0.717, 1.165) is 6.42 Å². The molecule has 2 rings (SSSR count). The molecular weight excluding hydrogens is 286 g/mol. The Morgan fingerprint density at radius 1 is 1.43 bits per heavy atom. The van der Waals surface area contributed by atoms with Gasteiger partial charge in [-0.25, -0.2) is 0 Å². The standard InChI is InChI=1S/C17H22ClNO2/c1-13(21-16-9-5-8-15(18)12-16)17(20)19-11-10-14-6-3-2-4-7-14/h5-6,8-9,12-13H,2-4,7,10-11H2,1H3,(H,19,20)/t13-/m1/s1. The molecule has 1 aliphatic rings. The van der Waals surface area contributed by atoms with E-state index in [4.69, 9.17) is 16.3 Å². The van der Waals surface area contributed by atoms with Gasteiger partial charge in [0.25, 0.3) is 5.91 Å². The van der Waals surface area contributed by atoms with E-state index in [2.05, 4.69) is 11.4 Å². The second kappa shape index (κ2) is 8.08. The average molecular weight is 308 g/mol. The number of halogens is 1. The first kappa shape index (κ1) is 15.9. The second-order valence-corrected chi connectivity index (χ2v) is 5.80. The Kier molecular flexibility index (Phi) is 6.12. The van der Waals surface area contributed by atoms with Crippen molar-refractivity contribution in [1.29, 1.82) is 0 Å². The number of allylic oxidation sites excluding steroid dienone is 1. The maximum atomic E-state index is 12.0. The van der Waals surface area contributed by atoms with Gasteiger partial charge >= 0.3 is 0 Å². The fourth-order valence-corrected chi connectivity index (χ4v) is 2.60. The normalized spacial score (nSPS) is 16.0. The number of carbonyl (C=O) groups is 1. The first-order valence-corrected chi connectivity index (χ1v) is 7.91. The molecule has 0 heterocycles. The van der Waals surface area contributed by atoms with Crippen LogP contribution in [0.4, 0.5) is 0 Å². The molecule has 1 aromatic rings. The lowest BCUT2D eigenvalue weighted by Crippen LogP contribution is -2.36. The summed E-state index contributed by atoms with van der Waals surface area (Å²) >= 11 is 5.89. The number of carbonyl (C=O) groups excluding carboxylic acids is 1. The average Bonchev–Trinajstić information content (AvgIpc) is 2.48. The molecule has 0 radical (unpaired) electrons. The summed E-state index contributed by atoms with van der Waals surface area (Å²) in [6.07, 6.45) is 7.64. The van der Waals surface area contributed by atoms with Gasteiger partial charge in [-0.2, -0.15) is 0 Å². The largest absolute Gasteiger partial charge is 0.481 e. The fourth-order valence-electron chi connectivity index (χ4n) is 2.42. The van der Waals surface area contributed by atoms with E-state index >= 15 is 0 Å². The zero-order chi connectivity index (χ0) is 15.1. The highest BCUT2D eigenvalue weighted by Crippen LogP contribution is 2.20. The molecule has 1 N–H and O–H groups in total. The van der Waals surface area contributed by atoms with E-state index in [-0.39, 0.29) is 5.91 Å². The molecule has 0 saturated heterocycles.